The number of ether oxygens (including phenoxy) is 1. The van der Waals surface area contributed by atoms with E-state index in [1.54, 1.807) is 13.2 Å². The average Bonchev–Trinajstić information content (AvgIpc) is 2.80. The summed E-state index contributed by atoms with van der Waals surface area (Å²) in [6.45, 7) is 0.707. The zero-order chi connectivity index (χ0) is 23.6. The molecule has 0 spiro atoms. The Bertz CT molecular complexity index is 990. The molecule has 0 bridgehead atoms. The van der Waals surface area contributed by atoms with Crippen molar-refractivity contribution in [2.45, 2.75) is 37.5 Å². The van der Waals surface area contributed by atoms with Gasteiger partial charge in [0.1, 0.15) is 11.2 Å². The van der Waals surface area contributed by atoms with E-state index in [-0.39, 0.29) is 42.4 Å². The van der Waals surface area contributed by atoms with Crippen molar-refractivity contribution in [3.63, 3.8) is 0 Å². The summed E-state index contributed by atoms with van der Waals surface area (Å²) in [7, 11) is 1.59. The number of hydrogen-bond donors (Lipinski definition) is 4. The van der Waals surface area contributed by atoms with Crippen molar-refractivity contribution in [2.24, 2.45) is 0 Å². The summed E-state index contributed by atoms with van der Waals surface area (Å²) in [5.41, 5.74) is 1.31. The second-order valence-corrected chi connectivity index (χ2v) is 9.03. The van der Waals surface area contributed by atoms with Crippen LogP contribution >= 0.6 is 23.4 Å². The summed E-state index contributed by atoms with van der Waals surface area (Å²) in [5.74, 6) is 0.383. The first kappa shape index (κ1) is 24.9. The number of nitrogens with one attached hydrogen (secondary N) is 4. The number of amides is 3. The third-order valence-electron chi connectivity index (χ3n) is 4.98. The highest BCUT2D eigenvalue weighted by molar-refractivity contribution is 8.00. The van der Waals surface area contributed by atoms with Gasteiger partial charge in [-0.3, -0.25) is 19.7 Å². The van der Waals surface area contributed by atoms with Gasteiger partial charge in [-0.2, -0.15) is 0 Å². The van der Waals surface area contributed by atoms with Gasteiger partial charge in [-0.1, -0.05) is 41.9 Å². The van der Waals surface area contributed by atoms with Crippen LogP contribution in [-0.2, 0) is 27.5 Å². The summed E-state index contributed by atoms with van der Waals surface area (Å²) in [6, 6.07) is 14.5. The lowest BCUT2D eigenvalue weighted by atomic mass is 10.1. The minimum Gasteiger partial charge on any atom is -0.497 e. The number of hydrogen-bond acceptors (Lipinski definition) is 6. The highest BCUT2D eigenvalue weighted by Crippen LogP contribution is 2.16. The van der Waals surface area contributed by atoms with Crippen LogP contribution in [0.1, 0.15) is 24.0 Å². The van der Waals surface area contributed by atoms with E-state index in [0.717, 1.165) is 16.9 Å². The Kier molecular flexibility index (Phi) is 9.41. The SMILES string of the molecule is COc1cccc(CNC(=O)CC2CC(=O)NC(SCC(=O)NCc3ccccc3Cl)N2)c1. The summed E-state index contributed by atoms with van der Waals surface area (Å²) in [6.07, 6.45) is 0.357. The van der Waals surface area contributed by atoms with Crippen LogP contribution in [0, 0.1) is 0 Å². The van der Waals surface area contributed by atoms with Gasteiger partial charge >= 0.3 is 0 Å². The molecule has 0 saturated carbocycles. The Morgan fingerprint density at radius 1 is 1.12 bits per heavy atom. The molecule has 1 aliphatic rings. The van der Waals surface area contributed by atoms with Crippen molar-refractivity contribution in [2.75, 3.05) is 12.9 Å². The van der Waals surface area contributed by atoms with E-state index in [1.165, 1.54) is 11.8 Å². The first-order chi connectivity index (χ1) is 15.9. The van der Waals surface area contributed by atoms with Gasteiger partial charge in [0.05, 0.1) is 12.9 Å². The monoisotopic (exact) mass is 490 g/mol. The van der Waals surface area contributed by atoms with Crippen LogP contribution in [0.5, 0.6) is 5.75 Å². The highest BCUT2D eigenvalue weighted by Gasteiger charge is 2.28. The zero-order valence-electron chi connectivity index (χ0n) is 18.2. The van der Waals surface area contributed by atoms with Crippen LogP contribution in [0.25, 0.3) is 0 Å². The van der Waals surface area contributed by atoms with Crippen molar-refractivity contribution in [3.8, 4) is 5.75 Å². The predicted molar refractivity (Wildman–Crippen MR) is 129 cm³/mol. The first-order valence-electron chi connectivity index (χ1n) is 10.5. The molecule has 3 rings (SSSR count). The molecule has 1 saturated heterocycles. The quantitative estimate of drug-likeness (QED) is 0.406. The number of carbonyl (C=O) groups excluding carboxylic acids is 3. The third-order valence-corrected chi connectivity index (χ3v) is 6.37. The molecule has 8 nitrogen and oxygen atoms in total. The largest absolute Gasteiger partial charge is 0.497 e. The second-order valence-electron chi connectivity index (χ2n) is 7.53. The molecule has 2 aromatic carbocycles. The molecule has 1 heterocycles. The lowest BCUT2D eigenvalue weighted by Crippen LogP contribution is -2.56. The number of thioether (sulfide) groups is 1. The Balaban J connectivity index is 1.40. The Morgan fingerprint density at radius 3 is 2.70 bits per heavy atom. The lowest BCUT2D eigenvalue weighted by Gasteiger charge is -2.30. The molecule has 4 N–H and O–H groups in total. The Hall–Kier alpha value is -2.75. The van der Waals surface area contributed by atoms with Crippen LogP contribution in [-0.4, -0.2) is 42.1 Å². The number of rotatable bonds is 10. The maximum atomic E-state index is 12.4. The van der Waals surface area contributed by atoms with E-state index in [0.29, 0.717) is 18.1 Å². The van der Waals surface area contributed by atoms with E-state index >= 15 is 0 Å². The molecule has 0 aromatic heterocycles. The molecule has 1 aliphatic heterocycles. The van der Waals surface area contributed by atoms with Crippen molar-refractivity contribution >= 4 is 41.1 Å². The van der Waals surface area contributed by atoms with Gasteiger partial charge in [-0.25, -0.2) is 0 Å². The van der Waals surface area contributed by atoms with Crippen molar-refractivity contribution in [1.29, 1.82) is 0 Å². The molecule has 33 heavy (non-hydrogen) atoms. The van der Waals surface area contributed by atoms with Crippen LogP contribution in [0.4, 0.5) is 0 Å². The highest BCUT2D eigenvalue weighted by atomic mass is 35.5. The molecular weight excluding hydrogens is 464 g/mol. The summed E-state index contributed by atoms with van der Waals surface area (Å²) < 4.78 is 5.19. The number of carbonyl (C=O) groups is 3. The maximum absolute atomic E-state index is 12.4. The summed E-state index contributed by atoms with van der Waals surface area (Å²) >= 11 is 7.36. The molecule has 0 radical (unpaired) electrons. The molecule has 2 atom stereocenters. The molecule has 0 aliphatic carbocycles. The maximum Gasteiger partial charge on any atom is 0.230 e. The smallest absolute Gasteiger partial charge is 0.230 e. The zero-order valence-corrected chi connectivity index (χ0v) is 19.8. The van der Waals surface area contributed by atoms with Gasteiger partial charge < -0.3 is 20.7 Å². The van der Waals surface area contributed by atoms with E-state index < -0.39 is 5.50 Å². The number of methoxy groups -OCH3 is 1. The van der Waals surface area contributed by atoms with Gasteiger partial charge in [0.15, 0.2) is 0 Å². The van der Waals surface area contributed by atoms with Crippen molar-refractivity contribution in [1.82, 2.24) is 21.3 Å². The van der Waals surface area contributed by atoms with Gasteiger partial charge in [0.25, 0.3) is 0 Å². The molecule has 2 aromatic rings. The van der Waals surface area contributed by atoms with E-state index in [2.05, 4.69) is 21.3 Å². The molecule has 1 fully saturated rings. The van der Waals surface area contributed by atoms with Crippen molar-refractivity contribution < 1.29 is 19.1 Å². The fraction of sp³-hybridized carbons (Fsp3) is 0.348. The van der Waals surface area contributed by atoms with Crippen LogP contribution in [0.2, 0.25) is 5.02 Å². The molecule has 2 unspecified atom stereocenters. The van der Waals surface area contributed by atoms with Crippen molar-refractivity contribution in [3.05, 3.63) is 64.7 Å². The standard InChI is InChI=1S/C23H27ClN4O4S/c1-32-18-7-4-5-15(9-18)12-25-20(29)10-17-11-21(30)28-23(27-17)33-14-22(31)26-13-16-6-2-3-8-19(16)24/h2-9,17,23,27H,10-14H2,1H3,(H,25,29)(H,26,31)(H,28,30). The summed E-state index contributed by atoms with van der Waals surface area (Å²) in [5, 5.41) is 12.3. The third kappa shape index (κ3) is 8.27. The molecule has 176 valence electrons. The normalized spacial score (nSPS) is 17.7. The van der Waals surface area contributed by atoms with Gasteiger partial charge in [0.2, 0.25) is 17.7 Å². The van der Waals surface area contributed by atoms with Gasteiger partial charge in [-0.15, -0.1) is 11.8 Å². The molecule has 3 amide bonds. The van der Waals surface area contributed by atoms with Crippen LogP contribution in [0.3, 0.4) is 0 Å². The minimum absolute atomic E-state index is 0.150. The number of benzene rings is 2. The fourth-order valence-corrected chi connectivity index (χ4v) is 4.42. The van der Waals surface area contributed by atoms with Crippen LogP contribution in [0.15, 0.2) is 48.5 Å². The summed E-state index contributed by atoms with van der Waals surface area (Å²) in [4.78, 5) is 36.6. The predicted octanol–water partition coefficient (Wildman–Crippen LogP) is 2.17. The second kappa shape index (κ2) is 12.5. The van der Waals surface area contributed by atoms with Gasteiger partial charge in [0, 0.05) is 37.0 Å². The fourth-order valence-electron chi connectivity index (χ4n) is 3.29. The lowest BCUT2D eigenvalue weighted by molar-refractivity contribution is -0.125. The Labute approximate surface area is 202 Å². The van der Waals surface area contributed by atoms with E-state index in [1.807, 2.05) is 42.5 Å². The minimum atomic E-state index is -0.450. The first-order valence-corrected chi connectivity index (χ1v) is 11.9. The average molecular weight is 491 g/mol. The van der Waals surface area contributed by atoms with E-state index in [9.17, 15) is 14.4 Å². The topological polar surface area (TPSA) is 109 Å². The van der Waals surface area contributed by atoms with Crippen LogP contribution < -0.4 is 26.0 Å². The van der Waals surface area contributed by atoms with E-state index in [4.69, 9.17) is 16.3 Å². The molecular formula is C23H27ClN4O4S. The number of halogens is 1. The van der Waals surface area contributed by atoms with Gasteiger partial charge in [-0.05, 0) is 29.3 Å². The Morgan fingerprint density at radius 2 is 1.91 bits per heavy atom. The molecule has 10 heteroatoms.